The molecule has 0 bridgehead atoms. The van der Waals surface area contributed by atoms with Crippen LogP contribution in [-0.2, 0) is 6.18 Å². The Morgan fingerprint density at radius 2 is 2.11 bits per heavy atom. The minimum atomic E-state index is -4.35. The number of pyridine rings is 1. The Kier molecular flexibility index (Phi) is 4.14. The van der Waals surface area contributed by atoms with E-state index in [0.717, 1.165) is 18.4 Å². The number of rotatable bonds is 4. The maximum Gasteiger partial charge on any atom is 0.417 e. The first-order valence-electron chi connectivity index (χ1n) is 5.93. The molecule has 0 amide bonds. The van der Waals surface area contributed by atoms with E-state index in [4.69, 9.17) is 0 Å². The van der Waals surface area contributed by atoms with Gasteiger partial charge in [0.2, 0.25) is 0 Å². The van der Waals surface area contributed by atoms with Crippen LogP contribution < -0.4 is 5.32 Å². The number of nitrogens with one attached hydrogen (secondary N) is 1. The van der Waals surface area contributed by atoms with Gasteiger partial charge in [-0.05, 0) is 34.3 Å². The fraction of sp³-hybridized carbons (Fsp3) is 0.583. The van der Waals surface area contributed by atoms with Crippen molar-refractivity contribution in [3.05, 3.63) is 22.3 Å². The minimum Gasteiger partial charge on any atom is -0.370 e. The van der Waals surface area contributed by atoms with E-state index in [1.54, 1.807) is 0 Å². The van der Waals surface area contributed by atoms with E-state index in [1.165, 1.54) is 25.5 Å². The number of alkyl halides is 3. The van der Waals surface area contributed by atoms with E-state index >= 15 is 0 Å². The van der Waals surface area contributed by atoms with Crippen LogP contribution >= 0.6 is 15.9 Å². The lowest BCUT2D eigenvalue weighted by atomic mass is 9.83. The molecule has 0 spiro atoms. The molecule has 0 radical (unpaired) electrons. The summed E-state index contributed by atoms with van der Waals surface area (Å²) < 4.78 is 37.9. The molecule has 2 rings (SSSR count). The minimum absolute atomic E-state index is 0.0282. The Balaban J connectivity index is 1.95. The summed E-state index contributed by atoms with van der Waals surface area (Å²) in [7, 11) is 0. The fourth-order valence-corrected chi connectivity index (χ4v) is 2.38. The van der Waals surface area contributed by atoms with Gasteiger partial charge in [0.15, 0.2) is 0 Å². The van der Waals surface area contributed by atoms with Gasteiger partial charge in [-0.1, -0.05) is 19.3 Å². The Morgan fingerprint density at radius 1 is 1.39 bits per heavy atom. The lowest BCUT2D eigenvalue weighted by Crippen LogP contribution is -2.16. The molecule has 0 unspecified atom stereocenters. The van der Waals surface area contributed by atoms with Crippen LogP contribution in [0.3, 0.4) is 0 Å². The Morgan fingerprint density at radius 3 is 2.67 bits per heavy atom. The van der Waals surface area contributed by atoms with Gasteiger partial charge in [-0.15, -0.1) is 0 Å². The van der Waals surface area contributed by atoms with Crippen LogP contribution in [-0.4, -0.2) is 11.5 Å². The van der Waals surface area contributed by atoms with Gasteiger partial charge in [-0.25, -0.2) is 4.98 Å². The smallest absolute Gasteiger partial charge is 0.370 e. The summed E-state index contributed by atoms with van der Waals surface area (Å²) in [5.74, 6) is 1.01. The van der Waals surface area contributed by atoms with Crippen LogP contribution in [0.2, 0.25) is 0 Å². The molecule has 2 nitrogen and oxygen atoms in total. The van der Waals surface area contributed by atoms with Gasteiger partial charge in [-0.3, -0.25) is 0 Å². The molecule has 1 fully saturated rings. The average molecular weight is 323 g/mol. The number of hydrogen-bond acceptors (Lipinski definition) is 2. The fourth-order valence-electron chi connectivity index (χ4n) is 1.94. The first-order valence-corrected chi connectivity index (χ1v) is 6.73. The van der Waals surface area contributed by atoms with Crippen LogP contribution in [0.5, 0.6) is 0 Å². The SMILES string of the molecule is FC(F)(F)c1cc(NCCC2CCC2)ncc1Br. The molecule has 0 saturated heterocycles. The molecule has 1 heterocycles. The number of anilines is 1. The van der Waals surface area contributed by atoms with E-state index in [-0.39, 0.29) is 10.3 Å². The molecule has 18 heavy (non-hydrogen) atoms. The predicted molar refractivity (Wildman–Crippen MR) is 67.4 cm³/mol. The van der Waals surface area contributed by atoms with Crippen molar-refractivity contribution in [1.82, 2.24) is 4.98 Å². The molecular weight excluding hydrogens is 309 g/mol. The van der Waals surface area contributed by atoms with Gasteiger partial charge in [0.05, 0.1) is 5.56 Å². The van der Waals surface area contributed by atoms with E-state index in [9.17, 15) is 13.2 Å². The highest BCUT2D eigenvalue weighted by Gasteiger charge is 2.33. The van der Waals surface area contributed by atoms with Gasteiger partial charge in [0.25, 0.3) is 0 Å². The van der Waals surface area contributed by atoms with Gasteiger partial charge in [-0.2, -0.15) is 13.2 Å². The molecule has 6 heteroatoms. The highest BCUT2D eigenvalue weighted by atomic mass is 79.9. The summed E-state index contributed by atoms with van der Waals surface area (Å²) in [6.07, 6.45) is 1.59. The standard InChI is InChI=1S/C12H14BrF3N2/c13-10-7-18-11(6-9(10)12(14,15)16)17-5-4-8-2-1-3-8/h6-8H,1-5H2,(H,17,18). The van der Waals surface area contributed by atoms with Crippen LogP contribution in [0.15, 0.2) is 16.7 Å². The third-order valence-electron chi connectivity index (χ3n) is 3.24. The second-order valence-electron chi connectivity index (χ2n) is 4.56. The Bertz CT molecular complexity index is 416. The highest BCUT2D eigenvalue weighted by molar-refractivity contribution is 9.10. The second-order valence-corrected chi connectivity index (χ2v) is 5.41. The van der Waals surface area contributed by atoms with E-state index in [0.29, 0.717) is 6.54 Å². The number of hydrogen-bond donors (Lipinski definition) is 1. The van der Waals surface area contributed by atoms with Crippen molar-refractivity contribution in [1.29, 1.82) is 0 Å². The van der Waals surface area contributed by atoms with E-state index < -0.39 is 11.7 Å². The van der Waals surface area contributed by atoms with Gasteiger partial charge in [0, 0.05) is 17.2 Å². The zero-order valence-electron chi connectivity index (χ0n) is 9.73. The van der Waals surface area contributed by atoms with Crippen LogP contribution in [0.1, 0.15) is 31.2 Å². The maximum absolute atomic E-state index is 12.7. The summed E-state index contributed by atoms with van der Waals surface area (Å²) in [6, 6.07) is 1.05. The van der Waals surface area contributed by atoms with E-state index in [2.05, 4.69) is 26.2 Å². The maximum atomic E-state index is 12.7. The highest BCUT2D eigenvalue weighted by Crippen LogP contribution is 2.35. The normalized spacial score (nSPS) is 16.4. The van der Waals surface area contributed by atoms with Crippen LogP contribution in [0, 0.1) is 5.92 Å². The topological polar surface area (TPSA) is 24.9 Å². The van der Waals surface area contributed by atoms with E-state index in [1.807, 2.05) is 0 Å². The van der Waals surface area contributed by atoms with Crippen molar-refractivity contribution in [2.45, 2.75) is 31.9 Å². The van der Waals surface area contributed by atoms with Crippen LogP contribution in [0.25, 0.3) is 0 Å². The number of nitrogens with zero attached hydrogens (tertiary/aromatic N) is 1. The first kappa shape index (κ1) is 13.6. The monoisotopic (exact) mass is 322 g/mol. The van der Waals surface area contributed by atoms with Crippen molar-refractivity contribution >= 4 is 21.7 Å². The van der Waals surface area contributed by atoms with Crippen molar-refractivity contribution in [3.63, 3.8) is 0 Å². The van der Waals surface area contributed by atoms with Crippen molar-refractivity contribution < 1.29 is 13.2 Å². The van der Waals surface area contributed by atoms with Crippen molar-refractivity contribution in [2.24, 2.45) is 5.92 Å². The Hall–Kier alpha value is -0.780. The lowest BCUT2D eigenvalue weighted by Gasteiger charge is -2.25. The molecule has 1 aliphatic rings. The number of halogens is 4. The summed E-state index contributed by atoms with van der Waals surface area (Å²) in [4.78, 5) is 3.94. The first-order chi connectivity index (χ1) is 8.47. The summed E-state index contributed by atoms with van der Waals surface area (Å²) >= 11 is 2.87. The van der Waals surface area contributed by atoms with Crippen molar-refractivity contribution in [2.75, 3.05) is 11.9 Å². The molecule has 1 aromatic heterocycles. The molecule has 1 aliphatic carbocycles. The summed E-state index contributed by atoms with van der Waals surface area (Å²) in [5, 5.41) is 2.95. The second kappa shape index (κ2) is 5.47. The average Bonchev–Trinajstić information content (AvgIpc) is 2.22. The van der Waals surface area contributed by atoms with Gasteiger partial charge in [0.1, 0.15) is 5.82 Å². The third-order valence-corrected chi connectivity index (χ3v) is 3.88. The quantitative estimate of drug-likeness (QED) is 0.884. The van der Waals surface area contributed by atoms with Crippen molar-refractivity contribution in [3.8, 4) is 0 Å². The molecule has 100 valence electrons. The molecule has 0 aromatic carbocycles. The summed E-state index contributed by atoms with van der Waals surface area (Å²) in [5.41, 5.74) is -0.691. The number of aromatic nitrogens is 1. The van der Waals surface area contributed by atoms with Gasteiger partial charge >= 0.3 is 6.18 Å². The predicted octanol–water partition coefficient (Wildman–Crippen LogP) is 4.47. The third kappa shape index (κ3) is 3.37. The molecular formula is C12H14BrF3N2. The Labute approximate surface area is 112 Å². The molecule has 1 aromatic rings. The molecule has 0 aliphatic heterocycles. The van der Waals surface area contributed by atoms with Crippen LogP contribution in [0.4, 0.5) is 19.0 Å². The summed E-state index contributed by atoms with van der Waals surface area (Å²) in [6.45, 7) is 0.677. The zero-order valence-corrected chi connectivity index (χ0v) is 11.3. The molecule has 1 saturated carbocycles. The lowest BCUT2D eigenvalue weighted by molar-refractivity contribution is -0.138. The largest absolute Gasteiger partial charge is 0.417 e. The van der Waals surface area contributed by atoms with Gasteiger partial charge < -0.3 is 5.32 Å². The molecule has 1 N–H and O–H groups in total. The molecule has 0 atom stereocenters. The zero-order chi connectivity index (χ0) is 13.2.